The molecule has 0 aliphatic heterocycles. The summed E-state index contributed by atoms with van der Waals surface area (Å²) in [6.45, 7) is 0. The van der Waals surface area contributed by atoms with Crippen molar-refractivity contribution in [3.63, 3.8) is 0 Å². The van der Waals surface area contributed by atoms with E-state index in [2.05, 4.69) is 10.2 Å². The highest BCUT2D eigenvalue weighted by Gasteiger charge is 2.13. The Morgan fingerprint density at radius 1 is 1.53 bits per heavy atom. The van der Waals surface area contributed by atoms with Crippen LogP contribution in [0.4, 0.5) is 0 Å². The van der Waals surface area contributed by atoms with Gasteiger partial charge >= 0.3 is 5.56 Å². The first-order valence-electron chi connectivity index (χ1n) is 4.06. The van der Waals surface area contributed by atoms with Gasteiger partial charge in [-0.25, -0.2) is 0 Å². The summed E-state index contributed by atoms with van der Waals surface area (Å²) in [5, 5.41) is 7.94. The lowest BCUT2D eigenvalue weighted by atomic mass is 10.3. The van der Waals surface area contributed by atoms with E-state index in [0.717, 1.165) is 4.68 Å². The van der Waals surface area contributed by atoms with Gasteiger partial charge in [-0.05, 0) is 18.4 Å². The minimum atomic E-state index is -0.427. The summed E-state index contributed by atoms with van der Waals surface area (Å²) in [6, 6.07) is 3.30. The van der Waals surface area contributed by atoms with Crippen LogP contribution in [0, 0.1) is 0 Å². The molecule has 0 amide bonds. The van der Waals surface area contributed by atoms with Gasteiger partial charge in [-0.2, -0.15) is 4.68 Å². The number of rotatable bonds is 2. The van der Waals surface area contributed by atoms with Crippen molar-refractivity contribution < 1.29 is 4.42 Å². The van der Waals surface area contributed by atoms with Gasteiger partial charge in [0, 0.05) is 0 Å². The molecule has 0 spiro atoms. The Labute approximate surface area is 89.1 Å². The second-order valence-electron chi connectivity index (χ2n) is 2.69. The molecule has 0 unspecified atom stereocenters. The van der Waals surface area contributed by atoms with E-state index in [-0.39, 0.29) is 5.69 Å². The molecule has 2 N–H and O–H groups in total. The monoisotopic (exact) mass is 224 g/mol. The van der Waals surface area contributed by atoms with Crippen molar-refractivity contribution in [3.05, 3.63) is 28.7 Å². The summed E-state index contributed by atoms with van der Waals surface area (Å²) >= 11 is 1.25. The molecule has 0 aromatic carbocycles. The molecular weight excluding hydrogens is 216 g/mol. The maximum Gasteiger partial charge on any atom is 0.302 e. The molecular formula is C8H8N4O2S. The number of nitrogens with zero attached hydrogens (tertiary/aromatic N) is 3. The molecule has 2 rings (SSSR count). The van der Waals surface area contributed by atoms with Gasteiger partial charge < -0.3 is 10.3 Å². The van der Waals surface area contributed by atoms with Gasteiger partial charge in [0.2, 0.25) is 5.16 Å². The van der Waals surface area contributed by atoms with E-state index in [1.54, 1.807) is 18.4 Å². The van der Waals surface area contributed by atoms with Gasteiger partial charge in [-0.3, -0.25) is 4.79 Å². The standard InChI is InChI=1S/C8H8N4O2S/c1-15-8-11-10-6(7(13)12(8)9)5-3-2-4-14-5/h2-4H,9H2,1H3. The maximum absolute atomic E-state index is 11.7. The number of hydrogen-bond donors (Lipinski definition) is 1. The van der Waals surface area contributed by atoms with Crippen LogP contribution in [-0.4, -0.2) is 21.1 Å². The number of aromatic nitrogens is 3. The topological polar surface area (TPSA) is 86.9 Å². The molecule has 0 radical (unpaired) electrons. The highest BCUT2D eigenvalue weighted by atomic mass is 32.2. The third-order valence-corrected chi connectivity index (χ3v) is 2.44. The molecule has 2 aromatic rings. The summed E-state index contributed by atoms with van der Waals surface area (Å²) in [5.74, 6) is 5.90. The zero-order valence-electron chi connectivity index (χ0n) is 7.88. The third kappa shape index (κ3) is 1.61. The Morgan fingerprint density at radius 2 is 2.33 bits per heavy atom. The van der Waals surface area contributed by atoms with Crippen LogP contribution in [0.1, 0.15) is 0 Å². The molecule has 0 bridgehead atoms. The molecule has 0 fully saturated rings. The average Bonchev–Trinajstić information content (AvgIpc) is 2.75. The van der Waals surface area contributed by atoms with Crippen molar-refractivity contribution >= 4 is 11.8 Å². The summed E-state index contributed by atoms with van der Waals surface area (Å²) in [6.07, 6.45) is 3.22. The summed E-state index contributed by atoms with van der Waals surface area (Å²) in [7, 11) is 0. The van der Waals surface area contributed by atoms with Crippen molar-refractivity contribution in [2.24, 2.45) is 0 Å². The predicted molar refractivity (Wildman–Crippen MR) is 55.9 cm³/mol. The molecule has 0 aliphatic carbocycles. The van der Waals surface area contributed by atoms with Crippen molar-refractivity contribution in [1.82, 2.24) is 14.9 Å². The lowest BCUT2D eigenvalue weighted by Crippen LogP contribution is -2.31. The van der Waals surface area contributed by atoms with Gasteiger partial charge in [0.05, 0.1) is 6.26 Å². The Morgan fingerprint density at radius 3 is 2.93 bits per heavy atom. The first-order chi connectivity index (χ1) is 7.24. The largest absolute Gasteiger partial charge is 0.462 e. The van der Waals surface area contributed by atoms with E-state index in [1.807, 2.05) is 0 Å². The Kier molecular flexibility index (Phi) is 2.46. The number of thioether (sulfide) groups is 1. The highest BCUT2D eigenvalue weighted by molar-refractivity contribution is 7.98. The fraction of sp³-hybridized carbons (Fsp3) is 0.125. The van der Waals surface area contributed by atoms with Gasteiger partial charge in [-0.1, -0.05) is 11.8 Å². The van der Waals surface area contributed by atoms with Crippen LogP contribution < -0.4 is 11.4 Å². The highest BCUT2D eigenvalue weighted by Crippen LogP contribution is 2.13. The van der Waals surface area contributed by atoms with Crippen LogP contribution in [0.15, 0.2) is 32.8 Å². The van der Waals surface area contributed by atoms with Crippen LogP contribution >= 0.6 is 11.8 Å². The summed E-state index contributed by atoms with van der Waals surface area (Å²) < 4.78 is 6.00. The van der Waals surface area contributed by atoms with Crippen molar-refractivity contribution in [2.75, 3.05) is 12.1 Å². The summed E-state index contributed by atoms with van der Waals surface area (Å²) in [5.41, 5.74) is -0.315. The number of hydrogen-bond acceptors (Lipinski definition) is 6. The molecule has 0 saturated heterocycles. The normalized spacial score (nSPS) is 10.5. The molecule has 7 heteroatoms. The SMILES string of the molecule is CSc1nnc(-c2ccco2)c(=O)n1N. The van der Waals surface area contributed by atoms with Gasteiger partial charge in [0.15, 0.2) is 11.5 Å². The molecule has 2 heterocycles. The van der Waals surface area contributed by atoms with Gasteiger partial charge in [-0.15, -0.1) is 10.2 Å². The van der Waals surface area contributed by atoms with Crippen LogP contribution in [-0.2, 0) is 0 Å². The summed E-state index contributed by atoms with van der Waals surface area (Å²) in [4.78, 5) is 11.7. The Hall–Kier alpha value is -1.76. The molecule has 15 heavy (non-hydrogen) atoms. The zero-order valence-corrected chi connectivity index (χ0v) is 8.69. The van der Waals surface area contributed by atoms with Crippen LogP contribution in [0.2, 0.25) is 0 Å². The van der Waals surface area contributed by atoms with Crippen LogP contribution in [0.25, 0.3) is 11.5 Å². The maximum atomic E-state index is 11.7. The van der Waals surface area contributed by atoms with E-state index in [9.17, 15) is 4.79 Å². The lowest BCUT2D eigenvalue weighted by molar-refractivity contribution is 0.572. The Balaban J connectivity index is 2.62. The van der Waals surface area contributed by atoms with E-state index in [0.29, 0.717) is 10.9 Å². The van der Waals surface area contributed by atoms with Crippen LogP contribution in [0.5, 0.6) is 0 Å². The van der Waals surface area contributed by atoms with Gasteiger partial charge in [0.25, 0.3) is 0 Å². The lowest BCUT2D eigenvalue weighted by Gasteiger charge is -2.03. The molecule has 0 aliphatic rings. The zero-order chi connectivity index (χ0) is 10.8. The first-order valence-corrected chi connectivity index (χ1v) is 5.29. The van der Waals surface area contributed by atoms with Crippen molar-refractivity contribution in [2.45, 2.75) is 5.16 Å². The Bertz CT molecular complexity index is 520. The molecule has 0 atom stereocenters. The van der Waals surface area contributed by atoms with E-state index in [4.69, 9.17) is 10.3 Å². The molecule has 2 aromatic heterocycles. The van der Waals surface area contributed by atoms with E-state index >= 15 is 0 Å². The number of nitrogen functional groups attached to an aromatic ring is 1. The first kappa shape index (κ1) is 9.78. The fourth-order valence-electron chi connectivity index (χ4n) is 1.09. The van der Waals surface area contributed by atoms with Crippen molar-refractivity contribution in [3.8, 4) is 11.5 Å². The van der Waals surface area contributed by atoms with Gasteiger partial charge in [0.1, 0.15) is 0 Å². The fourth-order valence-corrected chi connectivity index (χ4v) is 1.49. The average molecular weight is 224 g/mol. The van der Waals surface area contributed by atoms with Crippen molar-refractivity contribution in [1.29, 1.82) is 0 Å². The minimum Gasteiger partial charge on any atom is -0.462 e. The number of furan rings is 1. The second kappa shape index (κ2) is 3.77. The molecule has 6 nitrogen and oxygen atoms in total. The minimum absolute atomic E-state index is 0.111. The van der Waals surface area contributed by atoms with E-state index < -0.39 is 5.56 Å². The second-order valence-corrected chi connectivity index (χ2v) is 3.46. The predicted octanol–water partition coefficient (Wildman–Crippen LogP) is 0.334. The van der Waals surface area contributed by atoms with Crippen LogP contribution in [0.3, 0.4) is 0 Å². The quantitative estimate of drug-likeness (QED) is 0.584. The smallest absolute Gasteiger partial charge is 0.302 e. The molecule has 0 saturated carbocycles. The third-order valence-electron chi connectivity index (χ3n) is 1.80. The number of nitrogens with two attached hydrogens (primary N) is 1. The molecule has 78 valence electrons. The van der Waals surface area contributed by atoms with E-state index in [1.165, 1.54) is 18.0 Å².